The summed E-state index contributed by atoms with van der Waals surface area (Å²) in [5, 5.41) is 0. The zero-order chi connectivity index (χ0) is 9.94. The highest BCUT2D eigenvalue weighted by Crippen LogP contribution is 1.99. The Morgan fingerprint density at radius 3 is 2.08 bits per heavy atom. The number of unbranched alkanes of at least 4 members (excludes halogenated alkanes) is 1. The minimum Gasteiger partial charge on any atom is -0.352 e. The molecule has 0 unspecified atom stereocenters. The molecule has 76 valence electrons. The minimum absolute atomic E-state index is 0.139. The molecule has 0 aromatic rings. The van der Waals surface area contributed by atoms with E-state index in [1.54, 1.807) is 0 Å². The molecular weight excluding hydrogens is 164 g/mol. The lowest BCUT2D eigenvalue weighted by atomic mass is 10.3. The molecule has 2 nitrogen and oxygen atoms in total. The van der Waals surface area contributed by atoms with Gasteiger partial charge < -0.3 is 9.47 Å². The Bertz CT molecular complexity index is 149. The molecule has 0 aromatic carbocycles. The Hall–Kier alpha value is -0.520. The Morgan fingerprint density at radius 2 is 1.62 bits per heavy atom. The van der Waals surface area contributed by atoms with E-state index in [4.69, 9.17) is 9.47 Å². The summed E-state index contributed by atoms with van der Waals surface area (Å²) < 4.78 is 10.7. The normalized spacial score (nSPS) is 9.85. The van der Waals surface area contributed by atoms with Gasteiger partial charge in [0, 0.05) is 19.6 Å². The van der Waals surface area contributed by atoms with Crippen molar-refractivity contribution >= 4 is 0 Å². The summed E-state index contributed by atoms with van der Waals surface area (Å²) in [6, 6.07) is 0. The van der Waals surface area contributed by atoms with Crippen LogP contribution in [0.5, 0.6) is 0 Å². The second-order valence-electron chi connectivity index (χ2n) is 2.65. The fourth-order valence-corrected chi connectivity index (χ4v) is 0.907. The molecule has 0 heterocycles. The van der Waals surface area contributed by atoms with Crippen LogP contribution in [0.3, 0.4) is 0 Å². The molecule has 0 fully saturated rings. The molecule has 0 atom stereocenters. The molecule has 0 bridgehead atoms. The summed E-state index contributed by atoms with van der Waals surface area (Å²) in [4.78, 5) is 0. The summed E-state index contributed by atoms with van der Waals surface area (Å²) in [6.07, 6.45) is 2.62. The van der Waals surface area contributed by atoms with E-state index in [9.17, 15) is 0 Å². The summed E-state index contributed by atoms with van der Waals surface area (Å²) in [7, 11) is 0. The van der Waals surface area contributed by atoms with Gasteiger partial charge >= 0.3 is 0 Å². The Morgan fingerprint density at radius 1 is 1.00 bits per heavy atom. The van der Waals surface area contributed by atoms with E-state index < -0.39 is 0 Å². The molecule has 0 aliphatic rings. The molecule has 0 radical (unpaired) electrons. The Balaban J connectivity index is 3.62. The van der Waals surface area contributed by atoms with Gasteiger partial charge in [-0.05, 0) is 20.3 Å². The quantitative estimate of drug-likeness (QED) is 0.466. The molecule has 13 heavy (non-hydrogen) atoms. The number of hydrogen-bond donors (Lipinski definition) is 0. The minimum atomic E-state index is -0.139. The van der Waals surface area contributed by atoms with E-state index in [0.29, 0.717) is 19.6 Å². The lowest BCUT2D eigenvalue weighted by molar-refractivity contribution is -0.131. The molecule has 0 aliphatic heterocycles. The van der Waals surface area contributed by atoms with Gasteiger partial charge in [0.25, 0.3) is 0 Å². The number of rotatable bonds is 6. The average Bonchev–Trinajstić information content (AvgIpc) is 2.13. The van der Waals surface area contributed by atoms with Crippen LogP contribution in [0.4, 0.5) is 0 Å². The third kappa shape index (κ3) is 7.83. The van der Waals surface area contributed by atoms with Crippen LogP contribution in [-0.4, -0.2) is 19.5 Å². The maximum atomic E-state index is 5.34. The van der Waals surface area contributed by atoms with E-state index in [2.05, 4.69) is 18.8 Å². The molecule has 0 aliphatic carbocycles. The van der Waals surface area contributed by atoms with Crippen LogP contribution in [0.2, 0.25) is 0 Å². The molecule has 0 spiro atoms. The van der Waals surface area contributed by atoms with E-state index in [-0.39, 0.29) is 6.29 Å². The zero-order valence-electron chi connectivity index (χ0n) is 8.93. The van der Waals surface area contributed by atoms with Crippen molar-refractivity contribution in [1.82, 2.24) is 0 Å². The molecule has 0 aromatic heterocycles. The van der Waals surface area contributed by atoms with Crippen molar-refractivity contribution in [2.45, 2.75) is 46.3 Å². The third-order valence-corrected chi connectivity index (χ3v) is 1.47. The van der Waals surface area contributed by atoms with E-state index in [1.807, 2.05) is 13.8 Å². The van der Waals surface area contributed by atoms with Crippen LogP contribution < -0.4 is 0 Å². The van der Waals surface area contributed by atoms with Gasteiger partial charge in [0.2, 0.25) is 0 Å². The smallest absolute Gasteiger partial charge is 0.168 e. The van der Waals surface area contributed by atoms with Crippen LogP contribution in [0, 0.1) is 11.8 Å². The van der Waals surface area contributed by atoms with Crippen LogP contribution in [0.1, 0.15) is 40.0 Å². The van der Waals surface area contributed by atoms with Gasteiger partial charge in [0.1, 0.15) is 0 Å². The van der Waals surface area contributed by atoms with Gasteiger partial charge in [0.05, 0.1) is 6.42 Å². The highest BCUT2D eigenvalue weighted by molar-refractivity contribution is 4.99. The van der Waals surface area contributed by atoms with Crippen molar-refractivity contribution in [3.8, 4) is 11.8 Å². The highest BCUT2D eigenvalue weighted by atomic mass is 16.7. The first-order valence-corrected chi connectivity index (χ1v) is 5.04. The predicted molar refractivity (Wildman–Crippen MR) is 54.3 cm³/mol. The highest BCUT2D eigenvalue weighted by Gasteiger charge is 2.03. The van der Waals surface area contributed by atoms with Crippen LogP contribution in [0.15, 0.2) is 0 Å². The SMILES string of the molecule is CCCC#CCC(OCC)OCC. The van der Waals surface area contributed by atoms with Gasteiger partial charge in [-0.15, -0.1) is 5.92 Å². The molecule has 0 saturated heterocycles. The Labute approximate surface area is 81.6 Å². The molecular formula is C11H20O2. The fourth-order valence-electron chi connectivity index (χ4n) is 0.907. The molecule has 0 amide bonds. The first kappa shape index (κ1) is 12.5. The van der Waals surface area contributed by atoms with Crippen molar-refractivity contribution < 1.29 is 9.47 Å². The van der Waals surface area contributed by atoms with Crippen LogP contribution in [0.25, 0.3) is 0 Å². The largest absolute Gasteiger partial charge is 0.352 e. The van der Waals surface area contributed by atoms with Gasteiger partial charge in [-0.1, -0.05) is 12.8 Å². The number of ether oxygens (including phenoxy) is 2. The number of hydrogen-bond acceptors (Lipinski definition) is 2. The first-order valence-electron chi connectivity index (χ1n) is 5.04. The summed E-state index contributed by atoms with van der Waals surface area (Å²) in [5.41, 5.74) is 0. The molecule has 0 N–H and O–H groups in total. The average molecular weight is 184 g/mol. The van der Waals surface area contributed by atoms with Gasteiger partial charge in [0.15, 0.2) is 6.29 Å². The second kappa shape index (κ2) is 9.57. The summed E-state index contributed by atoms with van der Waals surface area (Å²) in [5.74, 6) is 6.13. The van der Waals surface area contributed by atoms with Gasteiger partial charge in [-0.2, -0.15) is 0 Å². The molecule has 2 heteroatoms. The maximum Gasteiger partial charge on any atom is 0.168 e. The van der Waals surface area contributed by atoms with E-state index in [0.717, 1.165) is 12.8 Å². The Kier molecular flexibility index (Phi) is 9.18. The maximum absolute atomic E-state index is 5.34. The summed E-state index contributed by atoms with van der Waals surface area (Å²) >= 11 is 0. The second-order valence-corrected chi connectivity index (χ2v) is 2.65. The summed E-state index contributed by atoms with van der Waals surface area (Å²) in [6.45, 7) is 7.41. The van der Waals surface area contributed by atoms with Gasteiger partial charge in [-0.3, -0.25) is 0 Å². The lowest BCUT2D eigenvalue weighted by Crippen LogP contribution is -2.16. The predicted octanol–water partition coefficient (Wildman–Crippen LogP) is 2.58. The standard InChI is InChI=1S/C11H20O2/c1-4-7-8-9-10-11(12-5-2)13-6-3/h11H,4-7,10H2,1-3H3. The van der Waals surface area contributed by atoms with Crippen molar-refractivity contribution in [2.75, 3.05) is 13.2 Å². The van der Waals surface area contributed by atoms with Crippen LogP contribution >= 0.6 is 0 Å². The molecule has 0 rings (SSSR count). The van der Waals surface area contributed by atoms with E-state index in [1.165, 1.54) is 0 Å². The monoisotopic (exact) mass is 184 g/mol. The fraction of sp³-hybridized carbons (Fsp3) is 0.818. The first-order chi connectivity index (χ1) is 6.35. The van der Waals surface area contributed by atoms with E-state index >= 15 is 0 Å². The zero-order valence-corrected chi connectivity index (χ0v) is 8.93. The van der Waals surface area contributed by atoms with Crippen molar-refractivity contribution in [1.29, 1.82) is 0 Å². The van der Waals surface area contributed by atoms with Gasteiger partial charge in [-0.25, -0.2) is 0 Å². The van der Waals surface area contributed by atoms with Crippen molar-refractivity contribution in [2.24, 2.45) is 0 Å². The van der Waals surface area contributed by atoms with Crippen LogP contribution in [-0.2, 0) is 9.47 Å². The van der Waals surface area contributed by atoms with Crippen molar-refractivity contribution in [3.63, 3.8) is 0 Å². The lowest BCUT2D eigenvalue weighted by Gasteiger charge is -2.13. The third-order valence-electron chi connectivity index (χ3n) is 1.47. The topological polar surface area (TPSA) is 18.5 Å². The van der Waals surface area contributed by atoms with Crippen molar-refractivity contribution in [3.05, 3.63) is 0 Å². The molecule has 0 saturated carbocycles.